The van der Waals surface area contributed by atoms with Gasteiger partial charge in [-0.1, -0.05) is 42.5 Å². The highest BCUT2D eigenvalue weighted by atomic mass is 19.1. The minimum absolute atomic E-state index is 0.0360. The second-order valence-corrected chi connectivity index (χ2v) is 7.74. The molecule has 0 aromatic heterocycles. The smallest absolute Gasteiger partial charge is 0.315 e. The van der Waals surface area contributed by atoms with E-state index in [-0.39, 0.29) is 23.9 Å². The van der Waals surface area contributed by atoms with Gasteiger partial charge in [-0.2, -0.15) is 0 Å². The molecule has 1 saturated carbocycles. The van der Waals surface area contributed by atoms with Crippen LogP contribution in [0.4, 0.5) is 9.18 Å². The molecule has 2 amide bonds. The monoisotopic (exact) mass is 383 g/mol. The van der Waals surface area contributed by atoms with Gasteiger partial charge in [0.05, 0.1) is 0 Å². The average molecular weight is 384 g/mol. The number of nitrogens with one attached hydrogen (secondary N) is 2. The second-order valence-electron chi connectivity index (χ2n) is 7.74. The third-order valence-corrected chi connectivity index (χ3v) is 5.55. The molecule has 0 aliphatic heterocycles. The van der Waals surface area contributed by atoms with Crippen LogP contribution in [0.15, 0.2) is 54.6 Å². The third-order valence-electron chi connectivity index (χ3n) is 5.55. The Labute approximate surface area is 166 Å². The van der Waals surface area contributed by atoms with Crippen molar-refractivity contribution in [3.8, 4) is 0 Å². The Bertz CT molecular complexity index is 727. The molecule has 0 radical (unpaired) electrons. The lowest BCUT2D eigenvalue weighted by Gasteiger charge is -2.29. The highest BCUT2D eigenvalue weighted by molar-refractivity contribution is 5.74. The van der Waals surface area contributed by atoms with Crippen molar-refractivity contribution in [2.45, 2.75) is 56.5 Å². The van der Waals surface area contributed by atoms with Gasteiger partial charge in [0.2, 0.25) is 0 Å². The van der Waals surface area contributed by atoms with Gasteiger partial charge in [-0.3, -0.25) is 0 Å². The maximum absolute atomic E-state index is 13.1. The Hall–Kier alpha value is -2.40. The lowest BCUT2D eigenvalue weighted by atomic mass is 9.82. The Morgan fingerprint density at radius 1 is 1.04 bits per heavy atom. The SMILES string of the molecule is NC(CCNC(=O)NC1CCC(c2ccc(F)cc2)CC1)Cc1ccccc1. The largest absolute Gasteiger partial charge is 0.338 e. The zero-order chi connectivity index (χ0) is 19.8. The molecule has 1 fully saturated rings. The van der Waals surface area contributed by atoms with E-state index >= 15 is 0 Å². The van der Waals surface area contributed by atoms with Crippen molar-refractivity contribution in [2.75, 3.05) is 6.54 Å². The molecule has 1 atom stereocenters. The van der Waals surface area contributed by atoms with Crippen molar-refractivity contribution in [3.63, 3.8) is 0 Å². The zero-order valence-electron chi connectivity index (χ0n) is 16.2. The first kappa shape index (κ1) is 20.3. The summed E-state index contributed by atoms with van der Waals surface area (Å²) in [6.07, 6.45) is 5.49. The average Bonchev–Trinajstić information content (AvgIpc) is 2.70. The van der Waals surface area contributed by atoms with Gasteiger partial charge in [-0.05, 0) is 67.7 Å². The molecule has 5 heteroatoms. The normalized spacial score (nSPS) is 20.4. The number of urea groups is 1. The minimum Gasteiger partial charge on any atom is -0.338 e. The van der Waals surface area contributed by atoms with Crippen molar-refractivity contribution >= 4 is 6.03 Å². The molecule has 1 aliphatic rings. The molecule has 28 heavy (non-hydrogen) atoms. The highest BCUT2D eigenvalue weighted by Crippen LogP contribution is 2.32. The number of halogens is 1. The summed E-state index contributed by atoms with van der Waals surface area (Å²) in [6.45, 7) is 0.574. The van der Waals surface area contributed by atoms with Crippen LogP contribution in [0, 0.1) is 5.82 Å². The van der Waals surface area contributed by atoms with E-state index in [1.165, 1.54) is 23.3 Å². The third kappa shape index (κ3) is 6.34. The van der Waals surface area contributed by atoms with E-state index in [2.05, 4.69) is 22.8 Å². The lowest BCUT2D eigenvalue weighted by molar-refractivity contribution is 0.231. The summed E-state index contributed by atoms with van der Waals surface area (Å²) in [7, 11) is 0. The van der Waals surface area contributed by atoms with Gasteiger partial charge < -0.3 is 16.4 Å². The van der Waals surface area contributed by atoms with Crippen LogP contribution in [0.3, 0.4) is 0 Å². The first-order chi connectivity index (χ1) is 13.6. The van der Waals surface area contributed by atoms with Crippen LogP contribution in [0.1, 0.15) is 49.1 Å². The molecule has 2 aromatic rings. The summed E-state index contributed by atoms with van der Waals surface area (Å²) in [5.41, 5.74) is 8.57. The molecular formula is C23H30FN3O. The van der Waals surface area contributed by atoms with Crippen molar-refractivity contribution in [3.05, 3.63) is 71.5 Å². The second kappa shape index (κ2) is 10.2. The van der Waals surface area contributed by atoms with Crippen molar-refractivity contribution in [2.24, 2.45) is 5.73 Å². The Kier molecular flexibility index (Phi) is 7.43. The zero-order valence-corrected chi connectivity index (χ0v) is 16.2. The number of rotatable bonds is 7. The number of carbonyl (C=O) groups is 1. The van der Waals surface area contributed by atoms with Gasteiger partial charge in [-0.25, -0.2) is 9.18 Å². The van der Waals surface area contributed by atoms with E-state index in [1.54, 1.807) is 0 Å². The molecule has 0 saturated heterocycles. The van der Waals surface area contributed by atoms with Crippen molar-refractivity contribution in [1.82, 2.24) is 10.6 Å². The maximum Gasteiger partial charge on any atom is 0.315 e. The molecule has 150 valence electrons. The van der Waals surface area contributed by atoms with Gasteiger partial charge >= 0.3 is 6.03 Å². The summed E-state index contributed by atoms with van der Waals surface area (Å²) in [5.74, 6) is 0.261. The number of hydrogen-bond acceptors (Lipinski definition) is 2. The molecule has 3 rings (SSSR count). The maximum atomic E-state index is 13.1. The van der Waals surface area contributed by atoms with Crippen LogP contribution in [-0.4, -0.2) is 24.7 Å². The van der Waals surface area contributed by atoms with Crippen LogP contribution in [0.5, 0.6) is 0 Å². The van der Waals surface area contributed by atoms with Crippen LogP contribution >= 0.6 is 0 Å². The lowest BCUT2D eigenvalue weighted by Crippen LogP contribution is -2.44. The van der Waals surface area contributed by atoms with Crippen LogP contribution in [-0.2, 0) is 6.42 Å². The quantitative estimate of drug-likeness (QED) is 0.673. The number of nitrogens with two attached hydrogens (primary N) is 1. The molecule has 0 spiro atoms. The first-order valence-electron chi connectivity index (χ1n) is 10.2. The fourth-order valence-electron chi connectivity index (χ4n) is 3.93. The molecule has 0 heterocycles. The number of carbonyl (C=O) groups excluding carboxylic acids is 1. The van der Waals surface area contributed by atoms with E-state index in [4.69, 9.17) is 5.73 Å². The first-order valence-corrected chi connectivity index (χ1v) is 10.2. The summed E-state index contributed by atoms with van der Waals surface area (Å²) >= 11 is 0. The molecular weight excluding hydrogens is 353 g/mol. The van der Waals surface area contributed by atoms with Gasteiger partial charge in [0.25, 0.3) is 0 Å². The topological polar surface area (TPSA) is 67.1 Å². The van der Waals surface area contributed by atoms with E-state index < -0.39 is 0 Å². The molecule has 0 bridgehead atoms. The summed E-state index contributed by atoms with van der Waals surface area (Å²) in [5, 5.41) is 6.00. The van der Waals surface area contributed by atoms with Crippen LogP contribution in [0.2, 0.25) is 0 Å². The van der Waals surface area contributed by atoms with Crippen molar-refractivity contribution < 1.29 is 9.18 Å². The van der Waals surface area contributed by atoms with Gasteiger partial charge in [0.15, 0.2) is 0 Å². The predicted octanol–water partition coefficient (Wildman–Crippen LogP) is 4.11. The van der Waals surface area contributed by atoms with Crippen LogP contribution in [0.25, 0.3) is 0 Å². The summed E-state index contributed by atoms with van der Waals surface area (Å²) in [6, 6.07) is 17.1. The number of benzene rings is 2. The number of amides is 2. The summed E-state index contributed by atoms with van der Waals surface area (Å²) < 4.78 is 13.1. The predicted molar refractivity (Wildman–Crippen MR) is 111 cm³/mol. The molecule has 1 aliphatic carbocycles. The van der Waals surface area contributed by atoms with Gasteiger partial charge in [0, 0.05) is 18.6 Å². The molecule has 2 aromatic carbocycles. The Balaban J connectivity index is 1.31. The standard InChI is InChI=1S/C23H30FN3O/c24-20-10-6-18(7-11-20)19-8-12-22(13-9-19)27-23(28)26-15-14-21(25)16-17-4-2-1-3-5-17/h1-7,10-11,19,21-22H,8-9,12-16,25H2,(H2,26,27,28). The van der Waals surface area contributed by atoms with Gasteiger partial charge in [0.1, 0.15) is 5.82 Å². The van der Waals surface area contributed by atoms with Crippen molar-refractivity contribution in [1.29, 1.82) is 0 Å². The molecule has 4 nitrogen and oxygen atoms in total. The van der Waals surface area contributed by atoms with E-state index in [1.807, 2.05) is 30.3 Å². The highest BCUT2D eigenvalue weighted by Gasteiger charge is 2.23. The molecule has 1 unspecified atom stereocenters. The van der Waals surface area contributed by atoms with Crippen LogP contribution < -0.4 is 16.4 Å². The fraction of sp³-hybridized carbons (Fsp3) is 0.435. The van der Waals surface area contributed by atoms with Gasteiger partial charge in [-0.15, -0.1) is 0 Å². The Morgan fingerprint density at radius 2 is 1.71 bits per heavy atom. The summed E-state index contributed by atoms with van der Waals surface area (Å²) in [4.78, 5) is 12.1. The molecule has 4 N–H and O–H groups in total. The Morgan fingerprint density at radius 3 is 2.39 bits per heavy atom. The van der Waals surface area contributed by atoms with E-state index in [0.717, 1.165) is 38.5 Å². The van der Waals surface area contributed by atoms with E-state index in [9.17, 15) is 9.18 Å². The minimum atomic E-state index is -0.195. The fourth-order valence-corrected chi connectivity index (χ4v) is 3.93. The van der Waals surface area contributed by atoms with E-state index in [0.29, 0.717) is 12.5 Å². The number of hydrogen-bond donors (Lipinski definition) is 3.